The molecule has 19 heteroatoms. The molecule has 0 aromatic rings. The highest BCUT2D eigenvalue weighted by atomic mass is 31.2. The van der Waals surface area contributed by atoms with Gasteiger partial charge in [0, 0.05) is 25.7 Å². The molecule has 0 saturated carbocycles. The predicted molar refractivity (Wildman–Crippen MR) is 409 cm³/mol. The van der Waals surface area contributed by atoms with Crippen LogP contribution < -0.4 is 0 Å². The minimum atomic E-state index is -4.96. The molecule has 0 amide bonds. The van der Waals surface area contributed by atoms with Gasteiger partial charge in [-0.2, -0.15) is 0 Å². The van der Waals surface area contributed by atoms with Crippen LogP contribution in [0.3, 0.4) is 0 Å². The Bertz CT molecular complexity index is 1940. The Balaban J connectivity index is 5.26. The van der Waals surface area contributed by atoms with Crippen molar-refractivity contribution in [3.05, 3.63) is 0 Å². The molecule has 0 aromatic carbocycles. The quantitative estimate of drug-likeness (QED) is 0.0222. The van der Waals surface area contributed by atoms with E-state index < -0.39 is 97.5 Å². The molecule has 0 aliphatic heterocycles. The molecule has 17 nitrogen and oxygen atoms in total. The van der Waals surface area contributed by atoms with Crippen molar-refractivity contribution in [1.29, 1.82) is 0 Å². The first-order valence-electron chi connectivity index (χ1n) is 41.9. The minimum Gasteiger partial charge on any atom is -0.462 e. The third-order valence-electron chi connectivity index (χ3n) is 19.6. The number of phosphoric acid groups is 2. The lowest BCUT2D eigenvalue weighted by atomic mass is 9.99. The van der Waals surface area contributed by atoms with Crippen LogP contribution in [0.5, 0.6) is 0 Å². The van der Waals surface area contributed by atoms with E-state index in [1.165, 1.54) is 231 Å². The Morgan fingerprint density at radius 1 is 0.290 bits per heavy atom. The Kier molecular flexibility index (Phi) is 69.9. The predicted octanol–water partition coefficient (Wildman–Crippen LogP) is 24.1. The first-order chi connectivity index (χ1) is 48.3. The molecular formula is C81H158O17P2. The van der Waals surface area contributed by atoms with E-state index in [0.29, 0.717) is 25.7 Å². The maximum Gasteiger partial charge on any atom is 0.472 e. The van der Waals surface area contributed by atoms with E-state index in [4.69, 9.17) is 37.0 Å². The standard InChI is InChI=1S/C81H158O17P2/c1-8-11-12-13-14-15-16-17-18-19-20-21-22-27-30-33-43-50-57-64-80(85)97-76(68-91-78(83)62-55-48-41-32-29-26-24-23-25-28-31-38-45-52-59-72(4)5)70-95-99(87,88)93-66-75(82)67-94-100(89,90)96-71-77(98-81(86)65-58-51-44-37-35-40-47-54-61-74(7)10-3)69-92-79(84)63-56-49-42-36-34-39-46-53-60-73(6)9-2/h72-77,82H,8-71H2,1-7H3,(H,87,88)(H,89,90)/t73?,74?,75-,76-,77-/m1/s1. The maximum absolute atomic E-state index is 13.1. The number of esters is 4. The van der Waals surface area contributed by atoms with E-state index in [2.05, 4.69) is 48.5 Å². The zero-order valence-corrected chi connectivity index (χ0v) is 67.5. The largest absolute Gasteiger partial charge is 0.472 e. The van der Waals surface area contributed by atoms with Crippen LogP contribution in [-0.4, -0.2) is 96.7 Å². The number of hydrogen-bond acceptors (Lipinski definition) is 15. The summed E-state index contributed by atoms with van der Waals surface area (Å²) in [7, 11) is -9.92. The molecule has 3 N–H and O–H groups in total. The molecule has 7 atom stereocenters. The highest BCUT2D eigenvalue weighted by Gasteiger charge is 2.30. The van der Waals surface area contributed by atoms with Crippen molar-refractivity contribution < 1.29 is 80.2 Å². The maximum atomic E-state index is 13.1. The van der Waals surface area contributed by atoms with Gasteiger partial charge < -0.3 is 33.8 Å². The molecule has 0 aromatic heterocycles. The van der Waals surface area contributed by atoms with Crippen molar-refractivity contribution in [3.8, 4) is 0 Å². The van der Waals surface area contributed by atoms with Gasteiger partial charge in [-0.3, -0.25) is 37.3 Å². The average molecular weight is 1470 g/mol. The van der Waals surface area contributed by atoms with E-state index in [-0.39, 0.29) is 25.7 Å². The summed E-state index contributed by atoms with van der Waals surface area (Å²) in [6.45, 7) is 12.0. The van der Waals surface area contributed by atoms with Crippen LogP contribution in [0.1, 0.15) is 421 Å². The van der Waals surface area contributed by atoms with Gasteiger partial charge in [0.15, 0.2) is 12.2 Å². The molecule has 0 fully saturated rings. The summed E-state index contributed by atoms with van der Waals surface area (Å²) in [6, 6.07) is 0. The summed E-state index contributed by atoms with van der Waals surface area (Å²) in [5, 5.41) is 10.6. The van der Waals surface area contributed by atoms with Crippen molar-refractivity contribution >= 4 is 39.5 Å². The topological polar surface area (TPSA) is 237 Å². The van der Waals surface area contributed by atoms with E-state index in [1.807, 2.05) is 0 Å². The molecule has 4 unspecified atom stereocenters. The molecule has 0 aliphatic rings. The van der Waals surface area contributed by atoms with E-state index >= 15 is 0 Å². The minimum absolute atomic E-state index is 0.105. The molecule has 0 saturated heterocycles. The van der Waals surface area contributed by atoms with Gasteiger partial charge in [-0.15, -0.1) is 0 Å². The highest BCUT2D eigenvalue weighted by molar-refractivity contribution is 7.47. The summed E-state index contributed by atoms with van der Waals surface area (Å²) in [4.78, 5) is 73.0. The molecule has 594 valence electrons. The molecular weight excluding hydrogens is 1310 g/mol. The molecule has 0 heterocycles. The number of carbonyl (C=O) groups excluding carboxylic acids is 4. The number of hydrogen-bond donors (Lipinski definition) is 3. The number of phosphoric ester groups is 2. The van der Waals surface area contributed by atoms with Crippen LogP contribution >= 0.6 is 15.6 Å². The Morgan fingerprint density at radius 3 is 0.760 bits per heavy atom. The van der Waals surface area contributed by atoms with Gasteiger partial charge in [-0.05, 0) is 43.4 Å². The number of carbonyl (C=O) groups is 4. The highest BCUT2D eigenvalue weighted by Crippen LogP contribution is 2.45. The molecule has 100 heavy (non-hydrogen) atoms. The van der Waals surface area contributed by atoms with Crippen LogP contribution in [0.4, 0.5) is 0 Å². The monoisotopic (exact) mass is 1470 g/mol. The smallest absolute Gasteiger partial charge is 0.462 e. The Hall–Kier alpha value is -1.94. The SMILES string of the molecule is CCCCCCCCCCCCCCCCCCCCCC(=O)O[C@H](COC(=O)CCCCCCCCCCCCCCCCC(C)C)COP(=O)(O)OC[C@@H](O)COP(=O)(O)OC[C@@H](COC(=O)CCCCCCCCCCC(C)CC)OC(=O)CCCCCCCCCCC(C)CC. The molecule has 0 aliphatic carbocycles. The summed E-state index contributed by atoms with van der Waals surface area (Å²) >= 11 is 0. The van der Waals surface area contributed by atoms with Gasteiger partial charge in [0.2, 0.25) is 0 Å². The fraction of sp³-hybridized carbons (Fsp3) is 0.951. The molecule has 0 bridgehead atoms. The summed E-state index contributed by atoms with van der Waals surface area (Å²) in [6.07, 6.45) is 59.6. The van der Waals surface area contributed by atoms with Crippen molar-refractivity contribution in [2.45, 2.75) is 439 Å². The zero-order chi connectivity index (χ0) is 73.7. The zero-order valence-electron chi connectivity index (χ0n) is 65.7. The average Bonchev–Trinajstić information content (AvgIpc) is 0.926. The van der Waals surface area contributed by atoms with Crippen LogP contribution in [0.15, 0.2) is 0 Å². The number of unbranched alkanes of at least 4 members (excludes halogenated alkanes) is 45. The van der Waals surface area contributed by atoms with Gasteiger partial charge in [0.25, 0.3) is 0 Å². The number of ether oxygens (including phenoxy) is 4. The molecule has 0 rings (SSSR count). The third-order valence-corrected chi connectivity index (χ3v) is 21.5. The van der Waals surface area contributed by atoms with E-state index in [0.717, 1.165) is 108 Å². The third kappa shape index (κ3) is 71.7. The number of rotatable bonds is 79. The van der Waals surface area contributed by atoms with Crippen molar-refractivity contribution in [2.24, 2.45) is 17.8 Å². The summed E-state index contributed by atoms with van der Waals surface area (Å²) in [5.41, 5.74) is 0. The van der Waals surface area contributed by atoms with Gasteiger partial charge >= 0.3 is 39.5 Å². The van der Waals surface area contributed by atoms with Crippen molar-refractivity contribution in [3.63, 3.8) is 0 Å². The lowest BCUT2D eigenvalue weighted by Crippen LogP contribution is -2.30. The summed E-state index contributed by atoms with van der Waals surface area (Å²) < 4.78 is 68.7. The molecule has 0 spiro atoms. The summed E-state index contributed by atoms with van der Waals surface area (Å²) in [5.74, 6) is 0.234. The first-order valence-corrected chi connectivity index (χ1v) is 44.9. The fourth-order valence-electron chi connectivity index (χ4n) is 12.4. The van der Waals surface area contributed by atoms with E-state index in [9.17, 15) is 43.2 Å². The molecule has 0 radical (unpaired) electrons. The van der Waals surface area contributed by atoms with Crippen molar-refractivity contribution in [2.75, 3.05) is 39.6 Å². The fourth-order valence-corrected chi connectivity index (χ4v) is 14.0. The lowest BCUT2D eigenvalue weighted by Gasteiger charge is -2.21. The van der Waals surface area contributed by atoms with Gasteiger partial charge in [0.05, 0.1) is 26.4 Å². The van der Waals surface area contributed by atoms with E-state index in [1.54, 1.807) is 0 Å². The second kappa shape index (κ2) is 71.3. The first kappa shape index (κ1) is 98.1. The van der Waals surface area contributed by atoms with Crippen LogP contribution in [0, 0.1) is 17.8 Å². The normalized spacial score (nSPS) is 14.5. The second-order valence-electron chi connectivity index (χ2n) is 30.1. The van der Waals surface area contributed by atoms with Crippen LogP contribution in [-0.2, 0) is 65.4 Å². The van der Waals surface area contributed by atoms with Crippen molar-refractivity contribution in [1.82, 2.24) is 0 Å². The second-order valence-corrected chi connectivity index (χ2v) is 33.0. The van der Waals surface area contributed by atoms with Crippen LogP contribution in [0.25, 0.3) is 0 Å². The van der Waals surface area contributed by atoms with Gasteiger partial charge in [0.1, 0.15) is 19.3 Å². The van der Waals surface area contributed by atoms with Gasteiger partial charge in [-0.25, -0.2) is 9.13 Å². The van der Waals surface area contributed by atoms with Gasteiger partial charge in [-0.1, -0.05) is 370 Å². The Morgan fingerprint density at radius 2 is 0.510 bits per heavy atom. The number of aliphatic hydroxyl groups is 1. The Labute approximate surface area is 613 Å². The van der Waals surface area contributed by atoms with Crippen LogP contribution in [0.2, 0.25) is 0 Å². The number of aliphatic hydroxyl groups excluding tert-OH is 1. The lowest BCUT2D eigenvalue weighted by molar-refractivity contribution is -0.161.